The van der Waals surface area contributed by atoms with Crippen molar-refractivity contribution in [2.45, 2.75) is 45.7 Å². The first-order chi connectivity index (χ1) is 12.0. The Labute approximate surface area is 150 Å². The molecule has 0 heterocycles. The number of carbonyl (C=O) groups is 1. The third-order valence-corrected chi connectivity index (χ3v) is 4.63. The first-order valence-electron chi connectivity index (χ1n) is 8.25. The van der Waals surface area contributed by atoms with Crippen LogP contribution in [0.3, 0.4) is 0 Å². The van der Waals surface area contributed by atoms with Gasteiger partial charge in [-0.05, 0) is 60.2 Å². The van der Waals surface area contributed by atoms with Gasteiger partial charge in [-0.1, -0.05) is 26.8 Å². The maximum Gasteiger partial charge on any atom is 0.416 e. The highest BCUT2D eigenvalue weighted by atomic mass is 19.4. The normalized spacial score (nSPS) is 12.2. The lowest BCUT2D eigenvalue weighted by atomic mass is 9.79. The van der Waals surface area contributed by atoms with Gasteiger partial charge < -0.3 is 5.32 Å². The van der Waals surface area contributed by atoms with E-state index in [4.69, 9.17) is 0 Å². The van der Waals surface area contributed by atoms with Crippen molar-refractivity contribution in [2.75, 3.05) is 5.32 Å². The maximum atomic E-state index is 14.3. The smallest absolute Gasteiger partial charge is 0.319 e. The SMILES string of the molecule is CCC(C)(C)c1cc(NC(=O)c2cccc(C(F)(F)F)c2)c(F)cc1C. The van der Waals surface area contributed by atoms with Crippen LogP contribution in [0, 0.1) is 12.7 Å². The van der Waals surface area contributed by atoms with Crippen molar-refractivity contribution in [3.63, 3.8) is 0 Å². The van der Waals surface area contributed by atoms with E-state index in [1.165, 1.54) is 12.1 Å². The molecule has 2 nitrogen and oxygen atoms in total. The molecule has 6 heteroatoms. The van der Waals surface area contributed by atoms with Crippen LogP contribution in [-0.2, 0) is 11.6 Å². The van der Waals surface area contributed by atoms with Gasteiger partial charge >= 0.3 is 6.18 Å². The Balaban J connectivity index is 2.37. The average Bonchev–Trinajstić information content (AvgIpc) is 2.56. The van der Waals surface area contributed by atoms with Crippen molar-refractivity contribution < 1.29 is 22.4 Å². The summed E-state index contributed by atoms with van der Waals surface area (Å²) in [5, 5.41) is 2.39. The zero-order chi connectivity index (χ0) is 19.7. The second-order valence-corrected chi connectivity index (χ2v) is 6.92. The van der Waals surface area contributed by atoms with Gasteiger partial charge in [-0.25, -0.2) is 4.39 Å². The van der Waals surface area contributed by atoms with Gasteiger partial charge in [0.2, 0.25) is 0 Å². The molecular formula is C20H21F4NO. The van der Waals surface area contributed by atoms with Gasteiger partial charge in [-0.2, -0.15) is 13.2 Å². The molecule has 0 bridgehead atoms. The molecule has 0 saturated carbocycles. The van der Waals surface area contributed by atoms with Crippen LogP contribution in [0.4, 0.5) is 23.2 Å². The molecule has 0 unspecified atom stereocenters. The van der Waals surface area contributed by atoms with Crippen LogP contribution in [0.1, 0.15) is 54.2 Å². The zero-order valence-corrected chi connectivity index (χ0v) is 15.1. The summed E-state index contributed by atoms with van der Waals surface area (Å²) in [5.41, 5.74) is 0.244. The van der Waals surface area contributed by atoms with E-state index in [0.717, 1.165) is 35.7 Å². The Kier molecular flexibility index (Phi) is 5.44. The highest BCUT2D eigenvalue weighted by molar-refractivity contribution is 6.04. The van der Waals surface area contributed by atoms with Gasteiger partial charge in [0.05, 0.1) is 11.3 Å². The average molecular weight is 367 g/mol. The largest absolute Gasteiger partial charge is 0.416 e. The molecule has 0 aliphatic rings. The van der Waals surface area contributed by atoms with E-state index in [1.807, 2.05) is 20.8 Å². The fourth-order valence-corrected chi connectivity index (χ4v) is 2.72. The first-order valence-corrected chi connectivity index (χ1v) is 8.25. The van der Waals surface area contributed by atoms with E-state index in [0.29, 0.717) is 0 Å². The van der Waals surface area contributed by atoms with Crippen LogP contribution in [0.2, 0.25) is 0 Å². The number of alkyl halides is 3. The topological polar surface area (TPSA) is 29.1 Å². The molecule has 2 aromatic carbocycles. The van der Waals surface area contributed by atoms with Crippen molar-refractivity contribution in [3.05, 3.63) is 64.5 Å². The molecule has 2 aromatic rings. The lowest BCUT2D eigenvalue weighted by Crippen LogP contribution is -2.19. The molecular weight excluding hydrogens is 346 g/mol. The van der Waals surface area contributed by atoms with Crippen LogP contribution in [-0.4, -0.2) is 5.91 Å². The monoisotopic (exact) mass is 367 g/mol. The van der Waals surface area contributed by atoms with Crippen LogP contribution < -0.4 is 5.32 Å². The number of amides is 1. The third-order valence-electron chi connectivity index (χ3n) is 4.63. The minimum absolute atomic E-state index is 0.0467. The van der Waals surface area contributed by atoms with Gasteiger partial charge in [0.1, 0.15) is 5.82 Å². The van der Waals surface area contributed by atoms with Gasteiger partial charge in [0.25, 0.3) is 5.91 Å². The van der Waals surface area contributed by atoms with Gasteiger partial charge in [-0.15, -0.1) is 0 Å². The van der Waals surface area contributed by atoms with Gasteiger partial charge in [0, 0.05) is 5.56 Å². The molecule has 0 saturated heterocycles. The van der Waals surface area contributed by atoms with Crippen LogP contribution in [0.5, 0.6) is 0 Å². The van der Waals surface area contributed by atoms with Gasteiger partial charge in [0.15, 0.2) is 0 Å². The maximum absolute atomic E-state index is 14.3. The molecule has 0 aliphatic heterocycles. The van der Waals surface area contributed by atoms with Crippen molar-refractivity contribution in [1.82, 2.24) is 0 Å². The number of rotatable bonds is 4. The number of aryl methyl sites for hydroxylation is 1. The number of benzene rings is 2. The molecule has 0 fully saturated rings. The highest BCUT2D eigenvalue weighted by Gasteiger charge is 2.31. The van der Waals surface area contributed by atoms with Crippen LogP contribution in [0.25, 0.3) is 0 Å². The van der Waals surface area contributed by atoms with Crippen LogP contribution in [0.15, 0.2) is 36.4 Å². The van der Waals surface area contributed by atoms with Crippen molar-refractivity contribution >= 4 is 11.6 Å². The Morgan fingerprint density at radius 2 is 1.77 bits per heavy atom. The Morgan fingerprint density at radius 3 is 2.35 bits per heavy atom. The standard InChI is InChI=1S/C20H21F4NO/c1-5-19(3,4)15-11-17(16(21)9-12(15)2)25-18(26)13-7-6-8-14(10-13)20(22,23)24/h6-11H,5H2,1-4H3,(H,25,26). The molecule has 2 rings (SSSR count). The summed E-state index contributed by atoms with van der Waals surface area (Å²) >= 11 is 0. The summed E-state index contributed by atoms with van der Waals surface area (Å²) < 4.78 is 52.7. The van der Waals surface area contributed by atoms with E-state index >= 15 is 0 Å². The van der Waals surface area contributed by atoms with Crippen LogP contribution >= 0.6 is 0 Å². The van der Waals surface area contributed by atoms with E-state index in [1.54, 1.807) is 13.0 Å². The minimum atomic E-state index is -4.55. The van der Waals surface area contributed by atoms with Gasteiger partial charge in [-0.3, -0.25) is 4.79 Å². The predicted octanol–water partition coefficient (Wildman–Crippen LogP) is 6.09. The number of hydrogen-bond acceptors (Lipinski definition) is 1. The quantitative estimate of drug-likeness (QED) is 0.651. The molecule has 0 aromatic heterocycles. The zero-order valence-electron chi connectivity index (χ0n) is 15.1. The lowest BCUT2D eigenvalue weighted by Gasteiger charge is -2.26. The Bertz CT molecular complexity index is 825. The van der Waals surface area contributed by atoms with E-state index < -0.39 is 23.5 Å². The summed E-state index contributed by atoms with van der Waals surface area (Å²) in [6, 6.07) is 6.92. The van der Waals surface area contributed by atoms with E-state index in [9.17, 15) is 22.4 Å². The molecule has 0 spiro atoms. The van der Waals surface area contributed by atoms with Crippen molar-refractivity contribution in [3.8, 4) is 0 Å². The number of hydrogen-bond donors (Lipinski definition) is 1. The minimum Gasteiger partial charge on any atom is -0.319 e. The fraction of sp³-hybridized carbons (Fsp3) is 0.350. The van der Waals surface area contributed by atoms with Crippen molar-refractivity contribution in [2.24, 2.45) is 0 Å². The first kappa shape index (κ1) is 19.9. The fourth-order valence-electron chi connectivity index (χ4n) is 2.72. The third kappa shape index (κ3) is 4.23. The summed E-state index contributed by atoms with van der Waals surface area (Å²) in [5.74, 6) is -1.42. The van der Waals surface area contributed by atoms with Crippen molar-refractivity contribution in [1.29, 1.82) is 0 Å². The molecule has 1 amide bonds. The number of carbonyl (C=O) groups excluding carboxylic acids is 1. The lowest BCUT2D eigenvalue weighted by molar-refractivity contribution is -0.137. The second kappa shape index (κ2) is 7.09. The molecule has 26 heavy (non-hydrogen) atoms. The highest BCUT2D eigenvalue weighted by Crippen LogP contribution is 2.33. The Hall–Kier alpha value is -2.37. The molecule has 0 radical (unpaired) electrons. The number of nitrogens with one attached hydrogen (secondary N) is 1. The molecule has 140 valence electrons. The van der Waals surface area contributed by atoms with E-state index in [2.05, 4.69) is 5.32 Å². The second-order valence-electron chi connectivity index (χ2n) is 6.92. The Morgan fingerprint density at radius 1 is 1.12 bits per heavy atom. The summed E-state index contributed by atoms with van der Waals surface area (Å²) in [7, 11) is 0. The molecule has 1 N–H and O–H groups in total. The number of halogens is 4. The summed E-state index contributed by atoms with van der Waals surface area (Å²) in [6.45, 7) is 7.80. The predicted molar refractivity (Wildman–Crippen MR) is 93.9 cm³/mol. The van der Waals surface area contributed by atoms with E-state index in [-0.39, 0.29) is 16.7 Å². The molecule has 0 atom stereocenters. The molecule has 0 aliphatic carbocycles. The summed E-state index contributed by atoms with van der Waals surface area (Å²) in [6.07, 6.45) is -3.75. The summed E-state index contributed by atoms with van der Waals surface area (Å²) in [4.78, 5) is 12.3. The number of anilines is 1.